The molecule has 170 valence electrons. The molecule has 2 aromatic carbocycles. The van der Waals surface area contributed by atoms with Crippen molar-refractivity contribution in [1.29, 1.82) is 0 Å². The number of hydrogen-bond donors (Lipinski definition) is 0. The lowest BCUT2D eigenvalue weighted by molar-refractivity contribution is 0.0376. The van der Waals surface area contributed by atoms with Crippen LogP contribution in [-0.4, -0.2) is 68.0 Å². The van der Waals surface area contributed by atoms with E-state index in [1.54, 1.807) is 11.8 Å². The van der Waals surface area contributed by atoms with E-state index in [4.69, 9.17) is 14.5 Å². The Morgan fingerprint density at radius 3 is 2.88 bits per heavy atom. The predicted molar refractivity (Wildman–Crippen MR) is 133 cm³/mol. The molecule has 1 saturated heterocycles. The van der Waals surface area contributed by atoms with Crippen molar-refractivity contribution in [3.05, 3.63) is 48.0 Å². The van der Waals surface area contributed by atoms with Gasteiger partial charge in [0.05, 0.1) is 30.0 Å². The molecule has 3 aromatic rings. The molecule has 0 N–H and O–H groups in total. The van der Waals surface area contributed by atoms with Crippen LogP contribution in [0.4, 0.5) is 5.13 Å². The van der Waals surface area contributed by atoms with Crippen LogP contribution in [0.1, 0.15) is 23.7 Å². The molecule has 1 aliphatic rings. The molecule has 1 aliphatic heterocycles. The number of fused-ring (bicyclic) bond motifs is 1. The molecule has 0 saturated carbocycles. The van der Waals surface area contributed by atoms with Crippen LogP contribution in [0.15, 0.2) is 47.4 Å². The minimum atomic E-state index is -0.00744. The van der Waals surface area contributed by atoms with Gasteiger partial charge in [0.2, 0.25) is 0 Å². The van der Waals surface area contributed by atoms with Crippen LogP contribution in [0, 0.1) is 0 Å². The minimum Gasteiger partial charge on any atom is -0.494 e. The van der Waals surface area contributed by atoms with Crippen LogP contribution in [0.25, 0.3) is 10.2 Å². The van der Waals surface area contributed by atoms with Crippen molar-refractivity contribution in [2.24, 2.45) is 0 Å². The highest BCUT2D eigenvalue weighted by Gasteiger charge is 2.22. The summed E-state index contributed by atoms with van der Waals surface area (Å²) in [6, 6.07) is 13.7. The van der Waals surface area contributed by atoms with Crippen molar-refractivity contribution in [3.63, 3.8) is 0 Å². The number of nitrogens with zero attached hydrogens (tertiary/aromatic N) is 3. The van der Waals surface area contributed by atoms with Crippen molar-refractivity contribution >= 4 is 44.4 Å². The smallest absolute Gasteiger partial charge is 0.260 e. The Hall–Kier alpha value is -2.13. The third-order valence-electron chi connectivity index (χ3n) is 5.41. The summed E-state index contributed by atoms with van der Waals surface area (Å²) in [5, 5.41) is 0.732. The molecule has 2 heterocycles. The number of carbonyl (C=O) groups excluding carboxylic acids is 1. The van der Waals surface area contributed by atoms with E-state index in [0.717, 1.165) is 65.3 Å². The average molecular weight is 472 g/mol. The molecule has 1 aromatic heterocycles. The lowest BCUT2D eigenvalue weighted by atomic mass is 10.2. The highest BCUT2D eigenvalue weighted by atomic mass is 32.2. The zero-order valence-corrected chi connectivity index (χ0v) is 20.2. The fourth-order valence-corrected chi connectivity index (χ4v) is 5.22. The first-order chi connectivity index (χ1) is 15.7. The maximum absolute atomic E-state index is 13.6. The van der Waals surface area contributed by atoms with Gasteiger partial charge in [-0.05, 0) is 56.0 Å². The normalized spacial score (nSPS) is 14.6. The lowest BCUT2D eigenvalue weighted by Gasteiger charge is -2.27. The molecule has 4 rings (SSSR count). The summed E-state index contributed by atoms with van der Waals surface area (Å²) in [4.78, 5) is 23.7. The van der Waals surface area contributed by atoms with Crippen LogP contribution < -0.4 is 9.64 Å². The fourth-order valence-electron chi connectivity index (χ4n) is 3.74. The summed E-state index contributed by atoms with van der Waals surface area (Å²) in [6.07, 6.45) is 2.90. The van der Waals surface area contributed by atoms with Gasteiger partial charge in [0, 0.05) is 36.6 Å². The van der Waals surface area contributed by atoms with Crippen molar-refractivity contribution in [2.75, 3.05) is 57.2 Å². The third kappa shape index (κ3) is 5.61. The Kier molecular flexibility index (Phi) is 8.02. The Balaban J connectivity index is 1.58. The van der Waals surface area contributed by atoms with Crippen LogP contribution in [0.3, 0.4) is 0 Å². The molecule has 0 atom stereocenters. The maximum Gasteiger partial charge on any atom is 0.260 e. The lowest BCUT2D eigenvalue weighted by Crippen LogP contribution is -2.39. The second kappa shape index (κ2) is 11.1. The van der Waals surface area contributed by atoms with Crippen LogP contribution in [0.2, 0.25) is 0 Å². The first kappa shape index (κ1) is 23.0. The molecule has 32 heavy (non-hydrogen) atoms. The van der Waals surface area contributed by atoms with E-state index in [-0.39, 0.29) is 5.91 Å². The van der Waals surface area contributed by atoms with E-state index < -0.39 is 0 Å². The van der Waals surface area contributed by atoms with E-state index in [2.05, 4.69) is 4.90 Å². The number of anilines is 1. The Morgan fingerprint density at radius 1 is 1.25 bits per heavy atom. The number of morpholine rings is 1. The zero-order valence-electron chi connectivity index (χ0n) is 18.6. The third-order valence-corrected chi connectivity index (χ3v) is 7.18. The average Bonchev–Trinajstić information content (AvgIpc) is 3.25. The number of amides is 1. The molecule has 0 radical (unpaired) electrons. The summed E-state index contributed by atoms with van der Waals surface area (Å²) in [6.45, 7) is 7.62. The number of aromatic nitrogens is 1. The standard InChI is InChI=1S/C24H29N3O3S2/c1-3-30-19-8-9-21-22(17-19)32-24(25-21)27(11-5-10-26-12-14-29-15-13-26)23(28)18-6-4-7-20(16-18)31-2/h4,6-9,16-17H,3,5,10-15H2,1-2H3. The number of thioether (sulfide) groups is 1. The summed E-state index contributed by atoms with van der Waals surface area (Å²) < 4.78 is 12.1. The second-order valence-corrected chi connectivity index (χ2v) is 9.44. The van der Waals surface area contributed by atoms with E-state index in [9.17, 15) is 4.79 Å². The number of rotatable bonds is 9. The summed E-state index contributed by atoms with van der Waals surface area (Å²) >= 11 is 3.18. The number of ether oxygens (including phenoxy) is 2. The Labute approximate surface area is 197 Å². The van der Waals surface area contributed by atoms with Gasteiger partial charge in [-0.25, -0.2) is 4.98 Å². The van der Waals surface area contributed by atoms with Crippen LogP contribution >= 0.6 is 23.1 Å². The highest BCUT2D eigenvalue weighted by molar-refractivity contribution is 7.98. The molecule has 1 amide bonds. The highest BCUT2D eigenvalue weighted by Crippen LogP contribution is 2.32. The zero-order chi connectivity index (χ0) is 22.3. The first-order valence-corrected chi connectivity index (χ1v) is 13.0. The predicted octanol–water partition coefficient (Wildman–Crippen LogP) is 4.79. The molecule has 8 heteroatoms. The largest absolute Gasteiger partial charge is 0.494 e. The van der Waals surface area contributed by atoms with Gasteiger partial charge in [-0.3, -0.25) is 14.6 Å². The van der Waals surface area contributed by atoms with Crippen LogP contribution in [-0.2, 0) is 4.74 Å². The van der Waals surface area contributed by atoms with Gasteiger partial charge in [0.25, 0.3) is 5.91 Å². The molecule has 1 fully saturated rings. The summed E-state index contributed by atoms with van der Waals surface area (Å²) in [7, 11) is 0. The molecular weight excluding hydrogens is 442 g/mol. The number of benzene rings is 2. The molecule has 6 nitrogen and oxygen atoms in total. The van der Waals surface area contributed by atoms with Gasteiger partial charge < -0.3 is 9.47 Å². The molecule has 0 aliphatic carbocycles. The molecular formula is C24H29N3O3S2. The van der Waals surface area contributed by atoms with Crippen LogP contribution in [0.5, 0.6) is 5.75 Å². The van der Waals surface area contributed by atoms with E-state index in [1.165, 1.54) is 11.3 Å². The van der Waals surface area contributed by atoms with E-state index in [0.29, 0.717) is 18.7 Å². The van der Waals surface area contributed by atoms with Crippen molar-refractivity contribution < 1.29 is 14.3 Å². The van der Waals surface area contributed by atoms with Gasteiger partial charge in [0.15, 0.2) is 5.13 Å². The van der Waals surface area contributed by atoms with Gasteiger partial charge in [-0.2, -0.15) is 0 Å². The van der Waals surface area contributed by atoms with Gasteiger partial charge in [0.1, 0.15) is 5.75 Å². The molecule has 0 unspecified atom stereocenters. The number of carbonyl (C=O) groups is 1. The van der Waals surface area contributed by atoms with Crippen molar-refractivity contribution in [3.8, 4) is 5.75 Å². The SMILES string of the molecule is CCOc1ccc2nc(N(CCCN3CCOCC3)C(=O)c3cccc(SC)c3)sc2c1. The molecule has 0 spiro atoms. The summed E-state index contributed by atoms with van der Waals surface area (Å²) in [5.74, 6) is 0.819. The quantitative estimate of drug-likeness (QED) is 0.419. The van der Waals surface area contributed by atoms with Crippen molar-refractivity contribution in [1.82, 2.24) is 9.88 Å². The maximum atomic E-state index is 13.6. The van der Waals surface area contributed by atoms with E-state index >= 15 is 0 Å². The monoisotopic (exact) mass is 471 g/mol. The summed E-state index contributed by atoms with van der Waals surface area (Å²) in [5.41, 5.74) is 1.58. The van der Waals surface area contributed by atoms with E-state index in [1.807, 2.05) is 60.5 Å². The number of thiazole rings is 1. The Morgan fingerprint density at radius 2 is 2.09 bits per heavy atom. The molecule has 0 bridgehead atoms. The Bertz CT molecular complexity index is 1050. The number of hydrogen-bond acceptors (Lipinski definition) is 7. The first-order valence-electron chi connectivity index (χ1n) is 11.0. The van der Waals surface area contributed by atoms with Gasteiger partial charge >= 0.3 is 0 Å². The topological polar surface area (TPSA) is 54.9 Å². The minimum absolute atomic E-state index is 0.00744. The van der Waals surface area contributed by atoms with Gasteiger partial charge in [-0.15, -0.1) is 11.8 Å². The second-order valence-electron chi connectivity index (χ2n) is 7.56. The van der Waals surface area contributed by atoms with Crippen molar-refractivity contribution in [2.45, 2.75) is 18.2 Å². The van der Waals surface area contributed by atoms with Gasteiger partial charge in [-0.1, -0.05) is 17.4 Å². The fraction of sp³-hybridized carbons (Fsp3) is 0.417.